The fraction of sp³-hybridized carbons (Fsp3) is 0. The standard InChI is InChI=1S/C10H6ClFN2O2S/c11-6-2-1-5(3-7(6)12)13-10-14-8(4-17-10)9(15)16/h1-4H,(H,13,14)(H,15,16). The predicted molar refractivity (Wildman–Crippen MR) is 63.8 cm³/mol. The summed E-state index contributed by atoms with van der Waals surface area (Å²) in [4.78, 5) is 14.4. The molecule has 0 radical (unpaired) electrons. The molecule has 88 valence electrons. The van der Waals surface area contributed by atoms with E-state index in [1.165, 1.54) is 17.5 Å². The van der Waals surface area contributed by atoms with Gasteiger partial charge in [0.2, 0.25) is 0 Å². The molecule has 4 nitrogen and oxygen atoms in total. The van der Waals surface area contributed by atoms with Gasteiger partial charge in [-0.15, -0.1) is 11.3 Å². The molecule has 0 spiro atoms. The van der Waals surface area contributed by atoms with Crippen LogP contribution in [0.4, 0.5) is 15.2 Å². The van der Waals surface area contributed by atoms with Crippen molar-refractivity contribution in [2.75, 3.05) is 5.32 Å². The predicted octanol–water partition coefficient (Wildman–Crippen LogP) is 3.38. The SMILES string of the molecule is O=C(O)c1csc(Nc2ccc(Cl)c(F)c2)n1. The van der Waals surface area contributed by atoms with E-state index in [1.807, 2.05) is 0 Å². The van der Waals surface area contributed by atoms with Gasteiger partial charge in [-0.1, -0.05) is 11.6 Å². The first kappa shape index (κ1) is 11.8. The summed E-state index contributed by atoms with van der Waals surface area (Å²) in [5, 5.41) is 13.3. The molecule has 2 rings (SSSR count). The minimum absolute atomic E-state index is 0.0286. The van der Waals surface area contributed by atoms with E-state index in [0.29, 0.717) is 10.8 Å². The largest absolute Gasteiger partial charge is 0.476 e. The summed E-state index contributed by atoms with van der Waals surface area (Å²) < 4.78 is 13.1. The quantitative estimate of drug-likeness (QED) is 0.899. The molecule has 0 atom stereocenters. The molecule has 17 heavy (non-hydrogen) atoms. The number of nitrogens with zero attached hydrogens (tertiary/aromatic N) is 1. The lowest BCUT2D eigenvalue weighted by Gasteiger charge is -2.02. The highest BCUT2D eigenvalue weighted by atomic mass is 35.5. The van der Waals surface area contributed by atoms with Gasteiger partial charge < -0.3 is 10.4 Å². The van der Waals surface area contributed by atoms with Crippen molar-refractivity contribution in [3.05, 3.63) is 40.1 Å². The Bertz CT molecular complexity index is 573. The van der Waals surface area contributed by atoms with E-state index in [4.69, 9.17) is 16.7 Å². The second-order valence-corrected chi connectivity index (χ2v) is 4.36. The monoisotopic (exact) mass is 272 g/mol. The minimum Gasteiger partial charge on any atom is -0.476 e. The first-order valence-corrected chi connectivity index (χ1v) is 5.73. The van der Waals surface area contributed by atoms with Crippen molar-refractivity contribution in [1.82, 2.24) is 4.98 Å². The van der Waals surface area contributed by atoms with Gasteiger partial charge in [0.25, 0.3) is 0 Å². The van der Waals surface area contributed by atoms with Crippen molar-refractivity contribution in [2.45, 2.75) is 0 Å². The van der Waals surface area contributed by atoms with Crippen LogP contribution in [0.2, 0.25) is 5.02 Å². The fourth-order valence-corrected chi connectivity index (χ4v) is 1.95. The Morgan fingerprint density at radius 3 is 2.88 bits per heavy atom. The van der Waals surface area contributed by atoms with Crippen LogP contribution in [0.5, 0.6) is 0 Å². The fourth-order valence-electron chi connectivity index (χ4n) is 1.13. The molecule has 0 aliphatic rings. The van der Waals surface area contributed by atoms with E-state index in [1.54, 1.807) is 6.07 Å². The van der Waals surface area contributed by atoms with Crippen molar-refractivity contribution in [1.29, 1.82) is 0 Å². The third kappa shape index (κ3) is 2.72. The van der Waals surface area contributed by atoms with Crippen LogP contribution in [0, 0.1) is 5.82 Å². The first-order chi connectivity index (χ1) is 8.06. The van der Waals surface area contributed by atoms with Crippen molar-refractivity contribution in [3.63, 3.8) is 0 Å². The molecule has 0 aliphatic heterocycles. The number of thiazole rings is 1. The number of anilines is 2. The summed E-state index contributed by atoms with van der Waals surface area (Å²) in [6.07, 6.45) is 0. The van der Waals surface area contributed by atoms with Gasteiger partial charge in [-0.3, -0.25) is 0 Å². The molecule has 0 aliphatic carbocycles. The summed E-state index contributed by atoms with van der Waals surface area (Å²) in [6, 6.07) is 4.20. The van der Waals surface area contributed by atoms with Gasteiger partial charge in [-0.2, -0.15) is 0 Å². The third-order valence-electron chi connectivity index (χ3n) is 1.89. The number of carboxylic acids is 1. The number of hydrogen-bond acceptors (Lipinski definition) is 4. The number of carbonyl (C=O) groups is 1. The highest BCUT2D eigenvalue weighted by Crippen LogP contribution is 2.24. The van der Waals surface area contributed by atoms with Gasteiger partial charge in [-0.05, 0) is 18.2 Å². The van der Waals surface area contributed by atoms with Crippen LogP contribution < -0.4 is 5.32 Å². The highest BCUT2D eigenvalue weighted by Gasteiger charge is 2.09. The van der Waals surface area contributed by atoms with Crippen LogP contribution in [0.1, 0.15) is 10.5 Å². The molecule has 1 heterocycles. The number of hydrogen-bond donors (Lipinski definition) is 2. The van der Waals surface area contributed by atoms with E-state index in [-0.39, 0.29) is 10.7 Å². The lowest BCUT2D eigenvalue weighted by atomic mass is 10.3. The smallest absolute Gasteiger partial charge is 0.355 e. The highest BCUT2D eigenvalue weighted by molar-refractivity contribution is 7.14. The topological polar surface area (TPSA) is 62.2 Å². The number of aromatic nitrogens is 1. The van der Waals surface area contributed by atoms with Crippen LogP contribution in [0.3, 0.4) is 0 Å². The van der Waals surface area contributed by atoms with Gasteiger partial charge in [0, 0.05) is 11.1 Å². The van der Waals surface area contributed by atoms with Crippen molar-refractivity contribution in [2.24, 2.45) is 0 Å². The van der Waals surface area contributed by atoms with Gasteiger partial charge in [0.05, 0.1) is 5.02 Å². The molecule has 1 aromatic heterocycles. The van der Waals surface area contributed by atoms with Gasteiger partial charge in [-0.25, -0.2) is 14.2 Å². The molecule has 2 aromatic rings. The summed E-state index contributed by atoms with van der Waals surface area (Å²) in [6.45, 7) is 0. The third-order valence-corrected chi connectivity index (χ3v) is 2.96. The van der Waals surface area contributed by atoms with Gasteiger partial charge >= 0.3 is 5.97 Å². The zero-order valence-corrected chi connectivity index (χ0v) is 9.85. The van der Waals surface area contributed by atoms with Crippen molar-refractivity contribution < 1.29 is 14.3 Å². The van der Waals surface area contributed by atoms with Crippen molar-refractivity contribution in [3.8, 4) is 0 Å². The van der Waals surface area contributed by atoms with Crippen LogP contribution >= 0.6 is 22.9 Å². The Morgan fingerprint density at radius 1 is 1.53 bits per heavy atom. The van der Waals surface area contributed by atoms with Gasteiger partial charge in [0.1, 0.15) is 5.82 Å². The Hall–Kier alpha value is -1.66. The Morgan fingerprint density at radius 2 is 2.29 bits per heavy atom. The summed E-state index contributed by atoms with van der Waals surface area (Å²) in [5.74, 6) is -1.65. The average Bonchev–Trinajstić information content (AvgIpc) is 2.72. The summed E-state index contributed by atoms with van der Waals surface area (Å²) in [7, 11) is 0. The van der Waals surface area contributed by atoms with Crippen LogP contribution in [0.15, 0.2) is 23.6 Å². The number of benzene rings is 1. The number of aromatic carboxylic acids is 1. The van der Waals surface area contributed by atoms with E-state index in [2.05, 4.69) is 10.3 Å². The molecular weight excluding hydrogens is 267 g/mol. The lowest BCUT2D eigenvalue weighted by Crippen LogP contribution is -1.97. The molecule has 0 unspecified atom stereocenters. The lowest BCUT2D eigenvalue weighted by molar-refractivity contribution is 0.0691. The van der Waals surface area contributed by atoms with Crippen LogP contribution in [-0.4, -0.2) is 16.1 Å². The molecule has 0 fully saturated rings. The molecule has 1 aromatic carbocycles. The molecule has 7 heteroatoms. The molecular formula is C10H6ClFN2O2S. The number of halogens is 2. The maximum Gasteiger partial charge on any atom is 0.355 e. The minimum atomic E-state index is -1.10. The average molecular weight is 273 g/mol. The molecule has 0 amide bonds. The van der Waals surface area contributed by atoms with E-state index < -0.39 is 11.8 Å². The Kier molecular flexibility index (Phi) is 3.26. The Balaban J connectivity index is 2.19. The van der Waals surface area contributed by atoms with Gasteiger partial charge in [0.15, 0.2) is 10.8 Å². The number of carboxylic acid groups (broad SMARTS) is 1. The molecule has 0 bridgehead atoms. The number of rotatable bonds is 3. The number of nitrogens with one attached hydrogen (secondary N) is 1. The molecule has 2 N–H and O–H groups in total. The first-order valence-electron chi connectivity index (χ1n) is 4.47. The summed E-state index contributed by atoms with van der Waals surface area (Å²) in [5.41, 5.74) is 0.408. The Labute approximate surface area is 105 Å². The zero-order valence-electron chi connectivity index (χ0n) is 8.28. The van der Waals surface area contributed by atoms with E-state index >= 15 is 0 Å². The molecule has 0 saturated carbocycles. The molecule has 0 saturated heterocycles. The second kappa shape index (κ2) is 4.68. The zero-order chi connectivity index (χ0) is 12.4. The van der Waals surface area contributed by atoms with Crippen molar-refractivity contribution >= 4 is 39.7 Å². The van der Waals surface area contributed by atoms with Crippen LogP contribution in [-0.2, 0) is 0 Å². The maximum absolute atomic E-state index is 13.1. The second-order valence-electron chi connectivity index (χ2n) is 3.10. The maximum atomic E-state index is 13.1. The van der Waals surface area contributed by atoms with E-state index in [9.17, 15) is 9.18 Å². The van der Waals surface area contributed by atoms with E-state index in [0.717, 1.165) is 11.3 Å². The van der Waals surface area contributed by atoms with Crippen LogP contribution in [0.25, 0.3) is 0 Å². The normalized spacial score (nSPS) is 10.2. The summed E-state index contributed by atoms with van der Waals surface area (Å²) >= 11 is 6.66.